The second-order valence-corrected chi connectivity index (χ2v) is 6.70. The van der Waals surface area contributed by atoms with Crippen molar-refractivity contribution >= 4 is 17.5 Å². The number of aryl methyl sites for hydroxylation is 2. The van der Waals surface area contributed by atoms with E-state index in [-0.39, 0.29) is 18.3 Å². The van der Waals surface area contributed by atoms with Crippen LogP contribution in [0.1, 0.15) is 23.9 Å². The summed E-state index contributed by atoms with van der Waals surface area (Å²) in [5.74, 6) is 1.06. The molecule has 1 aromatic heterocycles. The molecule has 0 fully saturated rings. The molecule has 0 saturated carbocycles. The highest BCUT2D eigenvalue weighted by atomic mass is 35.5. The van der Waals surface area contributed by atoms with Gasteiger partial charge in [-0.1, -0.05) is 35.0 Å². The molecule has 2 aromatic carbocycles. The van der Waals surface area contributed by atoms with Crippen molar-refractivity contribution in [1.29, 1.82) is 0 Å². The number of nitrogens with one attached hydrogen (secondary N) is 1. The maximum absolute atomic E-state index is 12.3. The van der Waals surface area contributed by atoms with E-state index in [1.165, 1.54) is 0 Å². The number of amides is 1. The molecule has 3 rings (SSSR count). The van der Waals surface area contributed by atoms with Gasteiger partial charge >= 0.3 is 0 Å². The van der Waals surface area contributed by atoms with Gasteiger partial charge in [0.1, 0.15) is 5.75 Å². The summed E-state index contributed by atoms with van der Waals surface area (Å²) in [6.07, 6.45) is -0.655. The zero-order chi connectivity index (χ0) is 19.4. The quantitative estimate of drug-likeness (QED) is 0.691. The Morgan fingerprint density at radius 3 is 2.63 bits per heavy atom. The molecule has 0 radical (unpaired) electrons. The number of halogens is 1. The monoisotopic (exact) mass is 385 g/mol. The van der Waals surface area contributed by atoms with Crippen molar-refractivity contribution in [1.82, 2.24) is 15.5 Å². The molecule has 6 nitrogen and oxygen atoms in total. The number of ether oxygens (including phenoxy) is 1. The van der Waals surface area contributed by atoms with Crippen molar-refractivity contribution in [2.75, 3.05) is 0 Å². The van der Waals surface area contributed by atoms with E-state index in [0.29, 0.717) is 22.2 Å². The van der Waals surface area contributed by atoms with Crippen molar-refractivity contribution in [3.05, 3.63) is 64.5 Å². The third-order valence-electron chi connectivity index (χ3n) is 3.87. The average Bonchev–Trinajstić information content (AvgIpc) is 3.07. The Morgan fingerprint density at radius 1 is 1.22 bits per heavy atom. The molecule has 0 spiro atoms. The van der Waals surface area contributed by atoms with Crippen LogP contribution in [0, 0.1) is 13.8 Å². The number of hydrogen-bond donors (Lipinski definition) is 1. The van der Waals surface area contributed by atoms with Crippen LogP contribution in [0.3, 0.4) is 0 Å². The Bertz CT molecular complexity index is 935. The zero-order valence-corrected chi connectivity index (χ0v) is 16.1. The van der Waals surface area contributed by atoms with E-state index in [9.17, 15) is 4.79 Å². The van der Waals surface area contributed by atoms with E-state index in [2.05, 4.69) is 15.5 Å². The Hall–Kier alpha value is -2.86. The van der Waals surface area contributed by atoms with Crippen LogP contribution in [0.25, 0.3) is 11.4 Å². The Morgan fingerprint density at radius 2 is 1.93 bits per heavy atom. The van der Waals surface area contributed by atoms with Gasteiger partial charge in [0.2, 0.25) is 11.7 Å². The summed E-state index contributed by atoms with van der Waals surface area (Å²) in [4.78, 5) is 16.5. The van der Waals surface area contributed by atoms with Gasteiger partial charge in [-0.15, -0.1) is 0 Å². The summed E-state index contributed by atoms with van der Waals surface area (Å²) in [6, 6.07) is 13.0. The fourth-order valence-electron chi connectivity index (χ4n) is 2.64. The second kappa shape index (κ2) is 8.22. The highest BCUT2D eigenvalue weighted by Gasteiger charge is 2.17. The lowest BCUT2D eigenvalue weighted by Gasteiger charge is -2.15. The fourth-order valence-corrected chi connectivity index (χ4v) is 2.86. The summed E-state index contributed by atoms with van der Waals surface area (Å²) in [5.41, 5.74) is 2.83. The number of benzene rings is 2. The minimum atomic E-state index is -0.655. The molecule has 140 valence electrons. The zero-order valence-electron chi connectivity index (χ0n) is 15.3. The third-order valence-corrected chi connectivity index (χ3v) is 4.20. The molecule has 3 aromatic rings. The lowest BCUT2D eigenvalue weighted by Crippen LogP contribution is -2.36. The summed E-state index contributed by atoms with van der Waals surface area (Å²) in [6.45, 7) is 5.76. The normalized spacial score (nSPS) is 11.9. The molecule has 1 N–H and O–H groups in total. The summed E-state index contributed by atoms with van der Waals surface area (Å²) < 4.78 is 10.9. The highest BCUT2D eigenvalue weighted by Crippen LogP contribution is 2.24. The second-order valence-electron chi connectivity index (χ2n) is 6.29. The molecule has 1 atom stereocenters. The molecule has 1 heterocycles. The van der Waals surface area contributed by atoms with E-state index in [1.54, 1.807) is 19.1 Å². The SMILES string of the molecule is Cc1cc(C)cc(O[C@H](C)C(=O)NCc2nc(-c3ccccc3Cl)no2)c1. The molecule has 1 amide bonds. The molecule has 7 heteroatoms. The van der Waals surface area contributed by atoms with Gasteiger partial charge < -0.3 is 14.6 Å². The lowest BCUT2D eigenvalue weighted by molar-refractivity contribution is -0.127. The number of nitrogens with zero attached hydrogens (tertiary/aromatic N) is 2. The molecular weight excluding hydrogens is 366 g/mol. The number of carbonyl (C=O) groups is 1. The molecule has 0 bridgehead atoms. The van der Waals surface area contributed by atoms with Crippen molar-refractivity contribution in [3.8, 4) is 17.1 Å². The van der Waals surface area contributed by atoms with Crippen LogP contribution in [0.2, 0.25) is 5.02 Å². The lowest BCUT2D eigenvalue weighted by atomic mass is 10.1. The smallest absolute Gasteiger partial charge is 0.261 e. The van der Waals surface area contributed by atoms with E-state index < -0.39 is 6.10 Å². The number of rotatable bonds is 6. The summed E-state index contributed by atoms with van der Waals surface area (Å²) >= 11 is 6.13. The number of aromatic nitrogens is 2. The van der Waals surface area contributed by atoms with E-state index >= 15 is 0 Å². The Kier molecular flexibility index (Phi) is 5.76. The minimum Gasteiger partial charge on any atom is -0.481 e. The van der Waals surface area contributed by atoms with Gasteiger partial charge in [0, 0.05) is 5.56 Å². The Labute approximate surface area is 162 Å². The predicted molar refractivity (Wildman–Crippen MR) is 103 cm³/mol. The summed E-state index contributed by atoms with van der Waals surface area (Å²) in [7, 11) is 0. The number of carbonyl (C=O) groups excluding carboxylic acids is 1. The maximum Gasteiger partial charge on any atom is 0.261 e. The maximum atomic E-state index is 12.3. The standard InChI is InChI=1S/C20H20ClN3O3/c1-12-8-13(2)10-15(9-12)26-14(3)20(25)22-11-18-23-19(24-27-18)16-6-4-5-7-17(16)21/h4-10,14H,11H2,1-3H3,(H,22,25)/t14-/m1/s1. The van der Waals surface area contributed by atoms with Crippen molar-refractivity contribution in [2.45, 2.75) is 33.4 Å². The van der Waals surface area contributed by atoms with Gasteiger partial charge in [0.05, 0.1) is 11.6 Å². The largest absolute Gasteiger partial charge is 0.481 e. The highest BCUT2D eigenvalue weighted by molar-refractivity contribution is 6.33. The van der Waals surface area contributed by atoms with Crippen molar-refractivity contribution in [3.63, 3.8) is 0 Å². The van der Waals surface area contributed by atoms with Crippen LogP contribution in [-0.4, -0.2) is 22.2 Å². The predicted octanol–water partition coefficient (Wildman–Crippen LogP) is 4.09. The molecule has 0 aliphatic heterocycles. The van der Waals surface area contributed by atoms with Crippen LogP contribution in [-0.2, 0) is 11.3 Å². The molecule has 0 aliphatic carbocycles. The third kappa shape index (κ3) is 4.86. The molecule has 0 aliphatic rings. The summed E-state index contributed by atoms with van der Waals surface area (Å²) in [5, 5.41) is 7.17. The van der Waals surface area contributed by atoms with Gasteiger partial charge in [-0.3, -0.25) is 4.79 Å². The fraction of sp³-hybridized carbons (Fsp3) is 0.250. The number of hydrogen-bond acceptors (Lipinski definition) is 5. The molecular formula is C20H20ClN3O3. The molecule has 0 unspecified atom stereocenters. The van der Waals surface area contributed by atoms with E-state index in [0.717, 1.165) is 11.1 Å². The van der Waals surface area contributed by atoms with Crippen LogP contribution >= 0.6 is 11.6 Å². The first-order valence-electron chi connectivity index (χ1n) is 8.52. The van der Waals surface area contributed by atoms with Crippen LogP contribution < -0.4 is 10.1 Å². The minimum absolute atomic E-state index is 0.108. The van der Waals surface area contributed by atoms with Gasteiger partial charge in [-0.05, 0) is 56.2 Å². The van der Waals surface area contributed by atoms with Gasteiger partial charge in [0.15, 0.2) is 6.10 Å². The van der Waals surface area contributed by atoms with Crippen molar-refractivity contribution in [2.24, 2.45) is 0 Å². The van der Waals surface area contributed by atoms with Gasteiger partial charge in [0.25, 0.3) is 5.91 Å². The van der Waals surface area contributed by atoms with E-state index in [1.807, 2.05) is 44.2 Å². The van der Waals surface area contributed by atoms with Gasteiger partial charge in [-0.2, -0.15) is 4.98 Å². The van der Waals surface area contributed by atoms with Gasteiger partial charge in [-0.25, -0.2) is 0 Å². The average molecular weight is 386 g/mol. The molecule has 0 saturated heterocycles. The van der Waals surface area contributed by atoms with Crippen LogP contribution in [0.15, 0.2) is 47.0 Å². The first-order valence-corrected chi connectivity index (χ1v) is 8.90. The van der Waals surface area contributed by atoms with E-state index in [4.69, 9.17) is 20.9 Å². The van der Waals surface area contributed by atoms with Crippen LogP contribution in [0.5, 0.6) is 5.75 Å². The first kappa shape index (κ1) is 18.9. The molecule has 27 heavy (non-hydrogen) atoms. The van der Waals surface area contributed by atoms with Crippen LogP contribution in [0.4, 0.5) is 0 Å². The Balaban J connectivity index is 1.58. The topological polar surface area (TPSA) is 77.2 Å². The van der Waals surface area contributed by atoms with Crippen molar-refractivity contribution < 1.29 is 14.1 Å². The first-order chi connectivity index (χ1) is 12.9.